The molecule has 0 aliphatic carbocycles. The highest BCUT2D eigenvalue weighted by Gasteiger charge is 2.10. The molecule has 0 aliphatic rings. The summed E-state index contributed by atoms with van der Waals surface area (Å²) in [7, 11) is 0. The summed E-state index contributed by atoms with van der Waals surface area (Å²) in [6.45, 7) is 0. The van der Waals surface area contributed by atoms with Crippen molar-refractivity contribution in [1.29, 1.82) is 0 Å². The van der Waals surface area contributed by atoms with E-state index >= 15 is 0 Å². The standard InChI is InChI=1S/C19H12ClN3S2/c20-16-10-14(11-18(23-16)25-17-8-4-5-9-21-17)19-22-15(12-24-19)13-6-2-1-3-7-13/h1-12H. The molecule has 1 aromatic carbocycles. The number of hydrogen-bond acceptors (Lipinski definition) is 5. The molecule has 3 nitrogen and oxygen atoms in total. The van der Waals surface area contributed by atoms with E-state index in [1.807, 2.05) is 48.5 Å². The van der Waals surface area contributed by atoms with Gasteiger partial charge in [0.05, 0.1) is 5.69 Å². The van der Waals surface area contributed by atoms with Gasteiger partial charge in [0.25, 0.3) is 0 Å². The molecule has 0 fully saturated rings. The van der Waals surface area contributed by atoms with Crippen LogP contribution in [0.4, 0.5) is 0 Å². The monoisotopic (exact) mass is 381 g/mol. The van der Waals surface area contributed by atoms with Gasteiger partial charge in [-0.05, 0) is 24.3 Å². The van der Waals surface area contributed by atoms with Gasteiger partial charge in [-0.25, -0.2) is 15.0 Å². The maximum atomic E-state index is 6.22. The summed E-state index contributed by atoms with van der Waals surface area (Å²) in [5, 5.41) is 5.12. The van der Waals surface area contributed by atoms with E-state index in [4.69, 9.17) is 16.6 Å². The molecule has 3 heterocycles. The third kappa shape index (κ3) is 3.90. The van der Waals surface area contributed by atoms with Gasteiger partial charge in [-0.1, -0.05) is 59.8 Å². The highest BCUT2D eigenvalue weighted by atomic mass is 35.5. The van der Waals surface area contributed by atoms with E-state index in [1.54, 1.807) is 17.5 Å². The zero-order chi connectivity index (χ0) is 17.1. The third-order valence-corrected chi connectivity index (χ3v) is 5.39. The van der Waals surface area contributed by atoms with Crippen LogP contribution in [-0.2, 0) is 0 Å². The third-order valence-electron chi connectivity index (χ3n) is 3.44. The fourth-order valence-corrected chi connectivity index (χ4v) is 4.19. The van der Waals surface area contributed by atoms with Crippen molar-refractivity contribution in [3.63, 3.8) is 0 Å². The van der Waals surface area contributed by atoms with Gasteiger partial charge in [0.2, 0.25) is 0 Å². The normalized spacial score (nSPS) is 10.8. The molecule has 4 aromatic rings. The fourth-order valence-electron chi connectivity index (χ4n) is 2.31. The minimum Gasteiger partial charge on any atom is -0.250 e. The van der Waals surface area contributed by atoms with Crippen LogP contribution in [0.3, 0.4) is 0 Å². The Morgan fingerprint density at radius 2 is 1.68 bits per heavy atom. The maximum Gasteiger partial charge on any atom is 0.131 e. The van der Waals surface area contributed by atoms with Gasteiger partial charge in [0, 0.05) is 22.7 Å². The number of rotatable bonds is 4. The van der Waals surface area contributed by atoms with Gasteiger partial charge in [-0.2, -0.15) is 0 Å². The average molecular weight is 382 g/mol. The van der Waals surface area contributed by atoms with Gasteiger partial charge >= 0.3 is 0 Å². The molecule has 0 spiro atoms. The van der Waals surface area contributed by atoms with Crippen LogP contribution in [0.1, 0.15) is 0 Å². The summed E-state index contributed by atoms with van der Waals surface area (Å²) in [4.78, 5) is 13.4. The topological polar surface area (TPSA) is 38.7 Å². The van der Waals surface area contributed by atoms with Crippen molar-refractivity contribution in [1.82, 2.24) is 15.0 Å². The number of hydrogen-bond donors (Lipinski definition) is 0. The first-order valence-corrected chi connectivity index (χ1v) is 9.63. The van der Waals surface area contributed by atoms with Crippen LogP contribution >= 0.6 is 34.7 Å². The van der Waals surface area contributed by atoms with Crippen molar-refractivity contribution in [2.45, 2.75) is 10.1 Å². The summed E-state index contributed by atoms with van der Waals surface area (Å²) in [6.07, 6.45) is 1.76. The molecule has 25 heavy (non-hydrogen) atoms. The Bertz CT molecular complexity index is 988. The summed E-state index contributed by atoms with van der Waals surface area (Å²) < 4.78 is 0. The number of aromatic nitrogens is 3. The molecule has 0 radical (unpaired) electrons. The predicted molar refractivity (Wildman–Crippen MR) is 104 cm³/mol. The SMILES string of the molecule is Clc1cc(-c2nc(-c3ccccc3)cs2)cc(Sc2ccccn2)n1. The smallest absolute Gasteiger partial charge is 0.131 e. The quantitative estimate of drug-likeness (QED) is 0.402. The predicted octanol–water partition coefficient (Wildman–Crippen LogP) is 6.07. The van der Waals surface area contributed by atoms with Crippen LogP contribution in [0.15, 0.2) is 82.3 Å². The lowest BCUT2D eigenvalue weighted by atomic mass is 10.2. The second kappa shape index (κ2) is 7.35. The average Bonchev–Trinajstić information content (AvgIpc) is 3.13. The van der Waals surface area contributed by atoms with Gasteiger partial charge < -0.3 is 0 Å². The van der Waals surface area contributed by atoms with Crippen molar-refractivity contribution < 1.29 is 0 Å². The first kappa shape index (κ1) is 16.3. The van der Waals surface area contributed by atoms with Crippen LogP contribution < -0.4 is 0 Å². The molecule has 0 unspecified atom stereocenters. The van der Waals surface area contributed by atoms with Crippen LogP contribution in [0.2, 0.25) is 5.15 Å². The minimum atomic E-state index is 0.451. The van der Waals surface area contributed by atoms with Crippen molar-refractivity contribution in [3.8, 4) is 21.8 Å². The van der Waals surface area contributed by atoms with Gasteiger partial charge in [-0.3, -0.25) is 0 Å². The Kier molecular flexibility index (Phi) is 4.78. The lowest BCUT2D eigenvalue weighted by Crippen LogP contribution is -1.86. The number of nitrogens with zero attached hydrogens (tertiary/aromatic N) is 3. The summed E-state index contributed by atoms with van der Waals surface area (Å²) in [5.74, 6) is 0. The highest BCUT2D eigenvalue weighted by Crippen LogP contribution is 2.33. The molecule has 3 aromatic heterocycles. The van der Waals surface area contributed by atoms with Crippen molar-refractivity contribution in [2.75, 3.05) is 0 Å². The van der Waals surface area contributed by atoms with E-state index in [0.717, 1.165) is 31.9 Å². The lowest BCUT2D eigenvalue weighted by molar-refractivity contribution is 1.09. The Hall–Kier alpha value is -2.21. The maximum absolute atomic E-state index is 6.22. The van der Waals surface area contributed by atoms with Crippen LogP contribution in [0.5, 0.6) is 0 Å². The van der Waals surface area contributed by atoms with Gasteiger partial charge in [0.15, 0.2) is 0 Å². The number of halogens is 1. The molecule has 0 saturated heterocycles. The molecule has 0 N–H and O–H groups in total. The number of thiazole rings is 1. The molecule has 0 amide bonds. The largest absolute Gasteiger partial charge is 0.250 e. The second-order valence-electron chi connectivity index (χ2n) is 5.19. The van der Waals surface area contributed by atoms with E-state index in [0.29, 0.717) is 5.15 Å². The highest BCUT2D eigenvalue weighted by molar-refractivity contribution is 7.99. The van der Waals surface area contributed by atoms with E-state index in [9.17, 15) is 0 Å². The second-order valence-corrected chi connectivity index (χ2v) is 7.48. The summed E-state index contributed by atoms with van der Waals surface area (Å²) in [5.41, 5.74) is 3.03. The minimum absolute atomic E-state index is 0.451. The Morgan fingerprint density at radius 3 is 2.48 bits per heavy atom. The van der Waals surface area contributed by atoms with Gasteiger partial charge in [-0.15, -0.1) is 11.3 Å². The fraction of sp³-hybridized carbons (Fsp3) is 0. The first-order valence-electron chi connectivity index (χ1n) is 7.56. The molecule has 122 valence electrons. The van der Waals surface area contributed by atoms with Crippen molar-refractivity contribution in [2.24, 2.45) is 0 Å². The van der Waals surface area contributed by atoms with E-state index in [1.165, 1.54) is 11.8 Å². The zero-order valence-electron chi connectivity index (χ0n) is 13.0. The Balaban J connectivity index is 1.66. The molecule has 0 saturated carbocycles. The molecular weight excluding hydrogens is 370 g/mol. The molecule has 4 rings (SSSR count). The van der Waals surface area contributed by atoms with E-state index < -0.39 is 0 Å². The zero-order valence-corrected chi connectivity index (χ0v) is 15.4. The molecule has 6 heteroatoms. The molecule has 0 bridgehead atoms. The number of pyridine rings is 2. The van der Waals surface area contributed by atoms with Crippen LogP contribution in [-0.4, -0.2) is 15.0 Å². The van der Waals surface area contributed by atoms with Gasteiger partial charge in [0.1, 0.15) is 20.2 Å². The van der Waals surface area contributed by atoms with E-state index in [2.05, 4.69) is 27.5 Å². The van der Waals surface area contributed by atoms with E-state index in [-0.39, 0.29) is 0 Å². The molecule has 0 atom stereocenters. The van der Waals surface area contributed by atoms with Crippen LogP contribution in [0, 0.1) is 0 Å². The summed E-state index contributed by atoms with van der Waals surface area (Å²) >= 11 is 9.30. The molecule has 0 aliphatic heterocycles. The Labute approximate surface area is 158 Å². The Morgan fingerprint density at radius 1 is 0.840 bits per heavy atom. The van der Waals surface area contributed by atoms with Crippen molar-refractivity contribution in [3.05, 3.63) is 77.4 Å². The first-order chi connectivity index (χ1) is 12.3. The number of benzene rings is 1. The van der Waals surface area contributed by atoms with Crippen molar-refractivity contribution >= 4 is 34.7 Å². The molecular formula is C19H12ClN3S2. The summed E-state index contributed by atoms with van der Waals surface area (Å²) in [6, 6.07) is 19.8. The van der Waals surface area contributed by atoms with Crippen LogP contribution in [0.25, 0.3) is 21.8 Å². The lowest BCUT2D eigenvalue weighted by Gasteiger charge is -2.03.